The lowest BCUT2D eigenvalue weighted by atomic mass is 9.86. The van der Waals surface area contributed by atoms with Crippen LogP contribution in [0.5, 0.6) is 28.7 Å². The van der Waals surface area contributed by atoms with E-state index in [0.717, 1.165) is 61.0 Å². The minimum absolute atomic E-state index is 0.0906. The van der Waals surface area contributed by atoms with E-state index in [1.54, 1.807) is 35.5 Å². The van der Waals surface area contributed by atoms with Gasteiger partial charge < -0.3 is 38.0 Å². The smallest absolute Gasteiger partial charge is 0.305 e. The van der Waals surface area contributed by atoms with Crippen molar-refractivity contribution in [3.8, 4) is 28.7 Å². The molecule has 2 atom stereocenters. The first-order valence-corrected chi connectivity index (χ1v) is 14.9. The topological polar surface area (TPSA) is 110 Å². The van der Waals surface area contributed by atoms with Crippen LogP contribution in [0.4, 0.5) is 0 Å². The molecule has 238 valence electrons. The van der Waals surface area contributed by atoms with Crippen molar-refractivity contribution in [1.82, 2.24) is 0 Å². The van der Waals surface area contributed by atoms with Crippen LogP contribution in [0.2, 0.25) is 0 Å². The molecule has 2 aromatic carbocycles. The van der Waals surface area contributed by atoms with Gasteiger partial charge in [-0.1, -0.05) is 12.8 Å². The second kappa shape index (κ2) is 16.3. The second-order valence-corrected chi connectivity index (χ2v) is 11.2. The van der Waals surface area contributed by atoms with E-state index in [1.807, 2.05) is 12.1 Å². The van der Waals surface area contributed by atoms with Crippen LogP contribution in [-0.4, -0.2) is 83.8 Å². The predicted octanol–water partition coefficient (Wildman–Crippen LogP) is 5.37. The molecule has 0 radical (unpaired) electrons. The molecule has 2 aromatic rings. The average molecular weight is 603 g/mol. The molecule has 0 aromatic heterocycles. The number of nitrogens with zero attached hydrogens (tertiary/aromatic N) is 1. The van der Waals surface area contributed by atoms with Crippen LogP contribution in [0, 0.1) is 0 Å². The lowest BCUT2D eigenvalue weighted by molar-refractivity contribution is -0.941. The number of quaternary nitrogens is 1. The Morgan fingerprint density at radius 2 is 1.40 bits per heavy atom. The first-order chi connectivity index (χ1) is 20.7. The molecule has 0 saturated carbocycles. The Morgan fingerprint density at radius 1 is 0.791 bits per heavy atom. The number of carboxylic acid groups (broad SMARTS) is 1. The molecule has 3 rings (SSSR count). The SMILES string of the molecule is COc1cc2c(cc1OC)[C@@H](Cc1cc(OC)c(OC)c(OC)c1)[N@+](C)(CCCOC(=O)CCCCCCC(=O)O)CC2. The first-order valence-electron chi connectivity index (χ1n) is 14.9. The fourth-order valence-corrected chi connectivity index (χ4v) is 5.99. The van der Waals surface area contributed by atoms with E-state index in [9.17, 15) is 9.59 Å². The molecule has 43 heavy (non-hydrogen) atoms. The van der Waals surface area contributed by atoms with E-state index < -0.39 is 5.97 Å². The van der Waals surface area contributed by atoms with Crippen molar-refractivity contribution < 1.29 is 47.6 Å². The van der Waals surface area contributed by atoms with Crippen molar-refractivity contribution in [2.75, 3.05) is 62.3 Å². The quantitative estimate of drug-likeness (QED) is 0.137. The van der Waals surface area contributed by atoms with E-state index in [1.165, 1.54) is 11.1 Å². The van der Waals surface area contributed by atoms with Crippen molar-refractivity contribution in [3.63, 3.8) is 0 Å². The Labute approximate surface area is 255 Å². The van der Waals surface area contributed by atoms with E-state index in [0.29, 0.717) is 48.9 Å². The molecule has 1 N–H and O–H groups in total. The molecule has 1 aliphatic rings. The number of hydrogen-bond acceptors (Lipinski definition) is 8. The molecule has 10 nitrogen and oxygen atoms in total. The van der Waals surface area contributed by atoms with Gasteiger partial charge in [-0.15, -0.1) is 0 Å². The minimum atomic E-state index is -0.780. The summed E-state index contributed by atoms with van der Waals surface area (Å²) in [5.41, 5.74) is 3.50. The highest BCUT2D eigenvalue weighted by Gasteiger charge is 2.40. The average Bonchev–Trinajstić information content (AvgIpc) is 3.01. The van der Waals surface area contributed by atoms with E-state index in [-0.39, 0.29) is 18.4 Å². The zero-order valence-corrected chi connectivity index (χ0v) is 26.5. The number of carbonyl (C=O) groups excluding carboxylic acids is 1. The van der Waals surface area contributed by atoms with Crippen LogP contribution >= 0.6 is 0 Å². The second-order valence-electron chi connectivity index (χ2n) is 11.2. The molecule has 0 amide bonds. The summed E-state index contributed by atoms with van der Waals surface area (Å²) < 4.78 is 34.4. The number of benzene rings is 2. The molecule has 0 spiro atoms. The molecule has 0 aliphatic carbocycles. The fourth-order valence-electron chi connectivity index (χ4n) is 5.99. The number of methoxy groups -OCH3 is 5. The van der Waals surface area contributed by atoms with E-state index in [2.05, 4.69) is 19.2 Å². The van der Waals surface area contributed by atoms with Crippen LogP contribution < -0.4 is 23.7 Å². The lowest BCUT2D eigenvalue weighted by Gasteiger charge is -2.46. The van der Waals surface area contributed by atoms with Crippen molar-refractivity contribution >= 4 is 11.9 Å². The molecular weight excluding hydrogens is 554 g/mol. The maximum atomic E-state index is 12.3. The van der Waals surface area contributed by atoms with Gasteiger partial charge in [0, 0.05) is 37.7 Å². The molecule has 0 bridgehead atoms. The maximum absolute atomic E-state index is 12.3. The maximum Gasteiger partial charge on any atom is 0.305 e. The fraction of sp³-hybridized carbons (Fsp3) is 0.576. The zero-order chi connectivity index (χ0) is 31.4. The zero-order valence-electron chi connectivity index (χ0n) is 26.5. The molecule has 1 aliphatic heterocycles. The predicted molar refractivity (Wildman–Crippen MR) is 163 cm³/mol. The number of carboxylic acids is 1. The first kappa shape index (κ1) is 33.8. The summed E-state index contributed by atoms with van der Waals surface area (Å²) in [5.74, 6) is 2.22. The summed E-state index contributed by atoms with van der Waals surface area (Å²) in [7, 11) is 10.4. The highest BCUT2D eigenvalue weighted by Crippen LogP contribution is 2.44. The number of rotatable bonds is 18. The third-order valence-corrected chi connectivity index (χ3v) is 8.40. The Kier molecular flexibility index (Phi) is 12.8. The van der Waals surface area contributed by atoms with E-state index in [4.69, 9.17) is 33.5 Å². The molecule has 0 unspecified atom stereocenters. The van der Waals surface area contributed by atoms with Crippen molar-refractivity contribution in [2.45, 2.75) is 63.8 Å². The number of likely N-dealkylation sites (N-methyl/N-ethyl adjacent to an activating group) is 1. The Hall–Kier alpha value is -3.66. The van der Waals surface area contributed by atoms with E-state index >= 15 is 0 Å². The van der Waals surface area contributed by atoms with Crippen LogP contribution in [-0.2, 0) is 27.2 Å². The van der Waals surface area contributed by atoms with Gasteiger partial charge in [-0.2, -0.15) is 0 Å². The Bertz CT molecular complexity index is 1210. The number of fused-ring (bicyclic) bond motifs is 1. The minimum Gasteiger partial charge on any atom is -0.493 e. The van der Waals surface area contributed by atoms with Gasteiger partial charge in [-0.25, -0.2) is 0 Å². The van der Waals surface area contributed by atoms with Gasteiger partial charge in [-0.05, 0) is 48.2 Å². The van der Waals surface area contributed by atoms with Crippen LogP contribution in [0.3, 0.4) is 0 Å². The monoisotopic (exact) mass is 602 g/mol. The third kappa shape index (κ3) is 8.92. The largest absolute Gasteiger partial charge is 0.493 e. The normalized spacial score (nSPS) is 17.5. The number of aliphatic carboxylic acids is 1. The van der Waals surface area contributed by atoms with Gasteiger partial charge >= 0.3 is 11.9 Å². The van der Waals surface area contributed by atoms with Gasteiger partial charge in [0.05, 0.1) is 62.3 Å². The van der Waals surface area contributed by atoms with Crippen LogP contribution in [0.1, 0.15) is 67.7 Å². The van der Waals surface area contributed by atoms with Gasteiger partial charge in [0.2, 0.25) is 5.75 Å². The molecule has 0 saturated heterocycles. The summed E-state index contributed by atoms with van der Waals surface area (Å²) in [6, 6.07) is 8.29. The molecule has 10 heteroatoms. The summed E-state index contributed by atoms with van der Waals surface area (Å²) in [6.07, 6.45) is 5.86. The number of carbonyl (C=O) groups is 2. The molecule has 0 fully saturated rings. The highest BCUT2D eigenvalue weighted by atomic mass is 16.5. The van der Waals surface area contributed by atoms with Crippen molar-refractivity contribution in [3.05, 3.63) is 41.0 Å². The third-order valence-electron chi connectivity index (χ3n) is 8.40. The lowest BCUT2D eigenvalue weighted by Crippen LogP contribution is -2.52. The number of ether oxygens (including phenoxy) is 6. The Morgan fingerprint density at radius 3 is 1.98 bits per heavy atom. The summed E-state index contributed by atoms with van der Waals surface area (Å²) in [6.45, 7) is 2.11. The summed E-state index contributed by atoms with van der Waals surface area (Å²) >= 11 is 0. The van der Waals surface area contributed by atoms with Gasteiger partial charge in [0.25, 0.3) is 0 Å². The number of hydrogen-bond donors (Lipinski definition) is 1. The molecule has 1 heterocycles. The molecular formula is C33H48NO9+. The standard InChI is InChI=1S/C33H47NO9/c1-34(15-11-17-43-32(37)13-10-8-7-9-12-31(35)36)16-14-24-21-27(38-2)28(39-3)22-25(24)26(34)18-23-19-29(40-4)33(42-6)30(20-23)41-5/h19-22,26H,7-18H2,1-6H3/p+1/t26-,34-/m1/s1. The van der Waals surface area contributed by atoms with Gasteiger partial charge in [-0.3, -0.25) is 9.59 Å². The number of esters is 1. The van der Waals surface area contributed by atoms with Crippen LogP contribution in [0.25, 0.3) is 0 Å². The highest BCUT2D eigenvalue weighted by molar-refractivity contribution is 5.69. The number of unbranched alkanes of at least 4 members (excludes halogenated alkanes) is 3. The summed E-state index contributed by atoms with van der Waals surface area (Å²) in [5, 5.41) is 8.74. The van der Waals surface area contributed by atoms with Crippen molar-refractivity contribution in [1.29, 1.82) is 0 Å². The summed E-state index contributed by atoms with van der Waals surface area (Å²) in [4.78, 5) is 22.9. The Balaban J connectivity index is 1.75. The van der Waals surface area contributed by atoms with Gasteiger partial charge in [0.1, 0.15) is 6.04 Å². The van der Waals surface area contributed by atoms with Crippen LogP contribution in [0.15, 0.2) is 24.3 Å². The van der Waals surface area contributed by atoms with Gasteiger partial charge in [0.15, 0.2) is 23.0 Å². The van der Waals surface area contributed by atoms with Crippen molar-refractivity contribution in [2.24, 2.45) is 0 Å².